The first kappa shape index (κ1) is 17.5. The van der Waals surface area contributed by atoms with Crippen LogP contribution in [0.3, 0.4) is 0 Å². The van der Waals surface area contributed by atoms with Gasteiger partial charge in [-0.15, -0.1) is 0 Å². The van der Waals surface area contributed by atoms with E-state index in [1.807, 2.05) is 0 Å². The average Bonchev–Trinajstić information content (AvgIpc) is 2.98. The van der Waals surface area contributed by atoms with Gasteiger partial charge in [0.2, 0.25) is 0 Å². The topological polar surface area (TPSA) is 41.6 Å². The number of ether oxygens (including phenoxy) is 1. The Bertz CT molecular complexity index is 553. The second kappa shape index (κ2) is 6.69. The Balaban J connectivity index is 2.24. The molecule has 1 aromatic carbocycles. The number of benzene rings is 1. The molecule has 0 bridgehead atoms. The van der Waals surface area contributed by atoms with E-state index < -0.39 is 35.4 Å². The van der Waals surface area contributed by atoms with E-state index in [2.05, 4.69) is 0 Å². The Kier molecular flexibility index (Phi) is 5.08. The maximum Gasteiger partial charge on any atom is 0.413 e. The van der Waals surface area contributed by atoms with E-state index >= 15 is 0 Å². The molecule has 1 saturated heterocycles. The lowest BCUT2D eigenvalue weighted by Gasteiger charge is -2.28. The molecule has 0 aliphatic carbocycles. The number of alkyl halides is 3. The number of hydrogen-bond donors (Lipinski definition) is 1. The normalized spacial score (nSPS) is 19.5. The number of likely N-dealkylation sites (N-methyl/N-ethyl adjacent to an activating group) is 1. The van der Waals surface area contributed by atoms with E-state index in [9.17, 15) is 26.7 Å². The van der Waals surface area contributed by atoms with Gasteiger partial charge in [-0.3, -0.25) is 0 Å². The van der Waals surface area contributed by atoms with Crippen LogP contribution in [0, 0.1) is 11.6 Å². The summed E-state index contributed by atoms with van der Waals surface area (Å²) in [5, 5.41) is 1.66. The molecule has 0 unspecified atom stereocenters. The summed E-state index contributed by atoms with van der Waals surface area (Å²) in [4.78, 5) is 13.0. The van der Waals surface area contributed by atoms with Crippen LogP contribution in [0.5, 0.6) is 0 Å². The van der Waals surface area contributed by atoms with Gasteiger partial charge in [-0.25, -0.2) is 13.6 Å². The maximum atomic E-state index is 13.7. The fourth-order valence-electron chi connectivity index (χ4n) is 2.32. The minimum atomic E-state index is -5.05. The number of rotatable bonds is 3. The predicted octanol–water partition coefficient (Wildman–Crippen LogP) is 3.00. The van der Waals surface area contributed by atoms with Crippen molar-refractivity contribution in [1.82, 2.24) is 10.2 Å². The molecule has 0 radical (unpaired) electrons. The van der Waals surface area contributed by atoms with Gasteiger partial charge in [0.1, 0.15) is 11.6 Å². The summed E-state index contributed by atoms with van der Waals surface area (Å²) in [5.41, 5.74) is -1.23. The summed E-state index contributed by atoms with van der Waals surface area (Å²) in [6, 6.07) is -1.87. The molecular formula is C14H15F5N2O2. The van der Waals surface area contributed by atoms with Gasteiger partial charge in [0.25, 0.3) is 0 Å². The first-order valence-corrected chi connectivity index (χ1v) is 6.83. The Morgan fingerprint density at radius 2 is 1.96 bits per heavy atom. The first-order valence-electron chi connectivity index (χ1n) is 6.83. The highest BCUT2D eigenvalue weighted by Crippen LogP contribution is 2.35. The van der Waals surface area contributed by atoms with E-state index in [-0.39, 0.29) is 12.6 Å². The molecule has 128 valence electrons. The predicted molar refractivity (Wildman–Crippen MR) is 70.7 cm³/mol. The number of amides is 2. The highest BCUT2D eigenvalue weighted by atomic mass is 19.4. The van der Waals surface area contributed by atoms with Gasteiger partial charge < -0.3 is 15.0 Å². The van der Waals surface area contributed by atoms with E-state index in [1.165, 1.54) is 7.05 Å². The third kappa shape index (κ3) is 3.90. The Labute approximate surface area is 129 Å². The van der Waals surface area contributed by atoms with E-state index in [0.29, 0.717) is 25.2 Å². The average molecular weight is 338 g/mol. The summed E-state index contributed by atoms with van der Waals surface area (Å²) in [7, 11) is 1.31. The zero-order valence-corrected chi connectivity index (χ0v) is 12.2. The van der Waals surface area contributed by atoms with E-state index in [0.717, 1.165) is 11.0 Å². The molecule has 2 amide bonds. The molecule has 1 fully saturated rings. The van der Waals surface area contributed by atoms with Crippen molar-refractivity contribution in [3.8, 4) is 0 Å². The van der Waals surface area contributed by atoms with Crippen molar-refractivity contribution in [3.63, 3.8) is 0 Å². The van der Waals surface area contributed by atoms with E-state index in [4.69, 9.17) is 4.74 Å². The van der Waals surface area contributed by atoms with Crippen molar-refractivity contribution < 1.29 is 31.5 Å². The fourth-order valence-corrected chi connectivity index (χ4v) is 2.32. The van der Waals surface area contributed by atoms with Crippen LogP contribution in [0.2, 0.25) is 0 Å². The maximum absolute atomic E-state index is 13.7. The van der Waals surface area contributed by atoms with Crippen molar-refractivity contribution in [2.75, 3.05) is 20.3 Å². The highest BCUT2D eigenvalue weighted by Gasteiger charge is 2.45. The number of carbonyl (C=O) groups is 1. The Morgan fingerprint density at radius 1 is 1.35 bits per heavy atom. The molecule has 4 nitrogen and oxygen atoms in total. The monoisotopic (exact) mass is 338 g/mol. The van der Waals surface area contributed by atoms with Crippen molar-refractivity contribution >= 4 is 6.03 Å². The number of carbonyl (C=O) groups excluding carboxylic acids is 1. The van der Waals surface area contributed by atoms with Crippen LogP contribution in [0.4, 0.5) is 26.7 Å². The Morgan fingerprint density at radius 3 is 2.43 bits per heavy atom. The summed E-state index contributed by atoms with van der Waals surface area (Å²) >= 11 is 0. The number of nitrogens with one attached hydrogen (secondary N) is 1. The van der Waals surface area contributed by atoms with Gasteiger partial charge in [0, 0.05) is 13.7 Å². The lowest BCUT2D eigenvalue weighted by Crippen LogP contribution is -2.48. The molecule has 2 rings (SSSR count). The zero-order valence-electron chi connectivity index (χ0n) is 12.2. The summed E-state index contributed by atoms with van der Waals surface area (Å²) in [5.74, 6) is -2.75. The van der Waals surface area contributed by atoms with Gasteiger partial charge in [0.05, 0.1) is 18.2 Å². The summed E-state index contributed by atoms with van der Waals surface area (Å²) in [6.45, 7) is 0.599. The van der Waals surface area contributed by atoms with Crippen LogP contribution in [0.15, 0.2) is 18.2 Å². The van der Waals surface area contributed by atoms with Gasteiger partial charge >= 0.3 is 12.2 Å². The Hall–Kier alpha value is -1.90. The van der Waals surface area contributed by atoms with Crippen LogP contribution in [-0.2, 0) is 4.74 Å². The summed E-state index contributed by atoms with van der Waals surface area (Å²) < 4.78 is 71.9. The number of urea groups is 1. The molecule has 1 aromatic rings. The second-order valence-electron chi connectivity index (χ2n) is 5.19. The lowest BCUT2D eigenvalue weighted by atomic mass is 10.0. The third-order valence-electron chi connectivity index (χ3n) is 3.66. The smallest absolute Gasteiger partial charge is 0.379 e. The van der Waals surface area contributed by atoms with Crippen LogP contribution < -0.4 is 5.32 Å². The van der Waals surface area contributed by atoms with Gasteiger partial charge in [0.15, 0.2) is 6.04 Å². The number of halogens is 5. The lowest BCUT2D eigenvalue weighted by molar-refractivity contribution is -0.156. The number of hydrogen-bond acceptors (Lipinski definition) is 2. The van der Waals surface area contributed by atoms with Gasteiger partial charge in [-0.2, -0.15) is 13.2 Å². The number of nitrogens with zero attached hydrogens (tertiary/aromatic N) is 1. The van der Waals surface area contributed by atoms with Crippen molar-refractivity contribution in [2.24, 2.45) is 0 Å². The standard InChI is InChI=1S/C14H15F5N2O2/c1-21(8-5-6-23-7-8)13(22)20-12(14(17,18)19)11-9(15)3-2-4-10(11)16/h2-4,8,12H,5-7H2,1H3,(H,20,22)/t8-,12-/m0/s1. The molecule has 0 aromatic heterocycles. The molecule has 0 spiro atoms. The van der Waals surface area contributed by atoms with Crippen LogP contribution in [0.25, 0.3) is 0 Å². The van der Waals surface area contributed by atoms with E-state index in [1.54, 1.807) is 5.32 Å². The fraction of sp³-hybridized carbons (Fsp3) is 0.500. The first-order chi connectivity index (χ1) is 10.7. The van der Waals surface area contributed by atoms with Crippen LogP contribution >= 0.6 is 0 Å². The van der Waals surface area contributed by atoms with Crippen molar-refractivity contribution in [2.45, 2.75) is 24.7 Å². The third-order valence-corrected chi connectivity index (χ3v) is 3.66. The zero-order chi connectivity index (χ0) is 17.2. The molecular weight excluding hydrogens is 323 g/mol. The molecule has 0 saturated carbocycles. The quantitative estimate of drug-likeness (QED) is 0.861. The molecule has 23 heavy (non-hydrogen) atoms. The minimum absolute atomic E-state index is 0.203. The minimum Gasteiger partial charge on any atom is -0.379 e. The second-order valence-corrected chi connectivity index (χ2v) is 5.19. The summed E-state index contributed by atoms with van der Waals surface area (Å²) in [6.07, 6.45) is -4.57. The van der Waals surface area contributed by atoms with Crippen LogP contribution in [0.1, 0.15) is 18.0 Å². The SMILES string of the molecule is CN(C(=O)N[C@@H](c1c(F)cccc1F)C(F)(F)F)[C@H]1CCOC1. The van der Waals surface area contributed by atoms with Gasteiger partial charge in [-0.05, 0) is 18.6 Å². The molecule has 1 aliphatic rings. The largest absolute Gasteiger partial charge is 0.413 e. The van der Waals surface area contributed by atoms with Crippen molar-refractivity contribution in [3.05, 3.63) is 35.4 Å². The molecule has 9 heteroatoms. The van der Waals surface area contributed by atoms with Crippen molar-refractivity contribution in [1.29, 1.82) is 0 Å². The molecule has 1 aliphatic heterocycles. The molecule has 2 atom stereocenters. The molecule has 1 heterocycles. The van der Waals surface area contributed by atoms with Crippen LogP contribution in [-0.4, -0.2) is 43.4 Å². The molecule has 1 N–H and O–H groups in total. The highest BCUT2D eigenvalue weighted by molar-refractivity contribution is 5.75. The van der Waals surface area contributed by atoms with Gasteiger partial charge in [-0.1, -0.05) is 6.07 Å².